The van der Waals surface area contributed by atoms with Gasteiger partial charge in [0, 0.05) is 18.3 Å². The molecule has 0 amide bonds. The first-order chi connectivity index (χ1) is 10.3. The quantitative estimate of drug-likeness (QED) is 0.554. The maximum atomic E-state index is 11.2. The summed E-state index contributed by atoms with van der Waals surface area (Å²) in [7, 11) is 0. The molecule has 7 unspecified atom stereocenters. The zero-order valence-electron chi connectivity index (χ0n) is 12.6. The minimum Gasteiger partial charge on any atom is -0.481 e. The molecular formula is C15H24O7. The number of ether oxygens (including phenoxy) is 2. The van der Waals surface area contributed by atoms with Crippen LogP contribution in [0.25, 0.3) is 0 Å². The van der Waals surface area contributed by atoms with Crippen molar-refractivity contribution in [2.24, 2.45) is 17.8 Å². The minimum absolute atomic E-state index is 0.0773. The summed E-state index contributed by atoms with van der Waals surface area (Å²) in [5.41, 5.74) is -1.61. The molecular weight excluding hydrogens is 292 g/mol. The first kappa shape index (κ1) is 16.1. The van der Waals surface area contributed by atoms with Crippen molar-refractivity contribution >= 4 is 5.97 Å². The van der Waals surface area contributed by atoms with Gasteiger partial charge >= 0.3 is 5.97 Å². The van der Waals surface area contributed by atoms with Crippen LogP contribution in [-0.2, 0) is 14.3 Å². The van der Waals surface area contributed by atoms with E-state index in [0.29, 0.717) is 19.3 Å². The van der Waals surface area contributed by atoms with E-state index < -0.39 is 42.1 Å². The molecule has 2 heterocycles. The molecule has 2 aliphatic heterocycles. The van der Waals surface area contributed by atoms with Gasteiger partial charge in [0.25, 0.3) is 0 Å². The fourth-order valence-electron chi connectivity index (χ4n) is 4.19. The second-order valence-corrected chi connectivity index (χ2v) is 7.01. The molecule has 126 valence electrons. The van der Waals surface area contributed by atoms with E-state index in [1.165, 1.54) is 0 Å². The number of aliphatic hydroxyl groups is 3. The van der Waals surface area contributed by atoms with E-state index in [4.69, 9.17) is 9.47 Å². The van der Waals surface area contributed by atoms with Gasteiger partial charge in [-0.2, -0.15) is 0 Å². The van der Waals surface area contributed by atoms with Gasteiger partial charge in [-0.25, -0.2) is 0 Å². The van der Waals surface area contributed by atoms with Crippen LogP contribution in [0.2, 0.25) is 0 Å². The molecule has 7 atom stereocenters. The summed E-state index contributed by atoms with van der Waals surface area (Å²) in [5.74, 6) is -3.28. The minimum atomic E-state index is -1.61. The largest absolute Gasteiger partial charge is 0.481 e. The monoisotopic (exact) mass is 316 g/mol. The van der Waals surface area contributed by atoms with Crippen molar-refractivity contribution in [1.29, 1.82) is 0 Å². The van der Waals surface area contributed by atoms with E-state index in [-0.39, 0.29) is 24.9 Å². The molecule has 0 radical (unpaired) electrons. The highest BCUT2D eigenvalue weighted by molar-refractivity contribution is 5.70. The number of fused-ring (bicyclic) bond motifs is 1. The highest BCUT2D eigenvalue weighted by atomic mass is 16.7. The van der Waals surface area contributed by atoms with Gasteiger partial charge in [0.2, 0.25) is 5.79 Å². The van der Waals surface area contributed by atoms with E-state index >= 15 is 0 Å². The lowest BCUT2D eigenvalue weighted by Crippen LogP contribution is -2.62. The van der Waals surface area contributed by atoms with Crippen molar-refractivity contribution in [3.05, 3.63) is 0 Å². The predicted octanol–water partition coefficient (Wildman–Crippen LogP) is -0.277. The van der Waals surface area contributed by atoms with Gasteiger partial charge in [0.15, 0.2) is 0 Å². The third-order valence-electron chi connectivity index (χ3n) is 5.71. The average molecular weight is 316 g/mol. The Hall–Kier alpha value is -0.730. The van der Waals surface area contributed by atoms with Gasteiger partial charge in [0.1, 0.15) is 5.60 Å². The van der Waals surface area contributed by atoms with Crippen LogP contribution in [0.15, 0.2) is 0 Å². The molecule has 3 rings (SSSR count). The molecule has 3 fully saturated rings. The Morgan fingerprint density at radius 1 is 1.36 bits per heavy atom. The normalized spacial score (nSPS) is 51.7. The van der Waals surface area contributed by atoms with Crippen LogP contribution in [0.3, 0.4) is 0 Å². The van der Waals surface area contributed by atoms with Crippen LogP contribution in [-0.4, -0.2) is 63.2 Å². The SMILES string of the molecule is CC1COC2(CC1O)OC1CC(C(=O)O)CCC1C2(O)CO. The summed E-state index contributed by atoms with van der Waals surface area (Å²) >= 11 is 0. The van der Waals surface area contributed by atoms with Gasteiger partial charge in [-0.3, -0.25) is 4.79 Å². The molecule has 1 spiro atoms. The topological polar surface area (TPSA) is 116 Å². The molecule has 0 aromatic rings. The van der Waals surface area contributed by atoms with Crippen molar-refractivity contribution in [2.45, 2.75) is 56.2 Å². The zero-order chi connectivity index (χ0) is 16.1. The number of carboxylic acids is 1. The average Bonchev–Trinajstić information content (AvgIpc) is 2.72. The summed E-state index contributed by atoms with van der Waals surface area (Å²) < 4.78 is 11.7. The molecule has 0 aromatic heterocycles. The van der Waals surface area contributed by atoms with Crippen molar-refractivity contribution in [1.82, 2.24) is 0 Å². The zero-order valence-corrected chi connectivity index (χ0v) is 12.6. The molecule has 3 aliphatic rings. The molecule has 7 heteroatoms. The van der Waals surface area contributed by atoms with Crippen molar-refractivity contribution in [3.63, 3.8) is 0 Å². The number of hydrogen-bond acceptors (Lipinski definition) is 6. The third-order valence-corrected chi connectivity index (χ3v) is 5.71. The molecule has 22 heavy (non-hydrogen) atoms. The lowest BCUT2D eigenvalue weighted by molar-refractivity contribution is -0.331. The Balaban J connectivity index is 1.88. The molecule has 0 bridgehead atoms. The fourth-order valence-corrected chi connectivity index (χ4v) is 4.19. The van der Waals surface area contributed by atoms with Crippen molar-refractivity contribution in [3.8, 4) is 0 Å². The molecule has 7 nitrogen and oxygen atoms in total. The number of carbonyl (C=O) groups is 1. The second kappa shape index (κ2) is 5.42. The maximum absolute atomic E-state index is 11.2. The predicted molar refractivity (Wildman–Crippen MR) is 73.8 cm³/mol. The highest BCUT2D eigenvalue weighted by Crippen LogP contribution is 2.54. The summed E-state index contributed by atoms with van der Waals surface area (Å²) in [6.07, 6.45) is 0.0941. The Morgan fingerprint density at radius 2 is 2.09 bits per heavy atom. The molecule has 0 aromatic carbocycles. The molecule has 4 N–H and O–H groups in total. The van der Waals surface area contributed by atoms with Crippen LogP contribution in [0, 0.1) is 17.8 Å². The van der Waals surface area contributed by atoms with Crippen LogP contribution >= 0.6 is 0 Å². The Bertz CT molecular complexity index is 455. The number of carboxylic acid groups (broad SMARTS) is 1. The van der Waals surface area contributed by atoms with E-state index in [1.54, 1.807) is 0 Å². The van der Waals surface area contributed by atoms with E-state index in [0.717, 1.165) is 0 Å². The Morgan fingerprint density at radius 3 is 2.68 bits per heavy atom. The lowest BCUT2D eigenvalue weighted by atomic mass is 9.70. The Kier molecular flexibility index (Phi) is 3.98. The van der Waals surface area contributed by atoms with Crippen molar-refractivity contribution in [2.75, 3.05) is 13.2 Å². The lowest BCUT2D eigenvalue weighted by Gasteiger charge is -2.46. The second-order valence-electron chi connectivity index (χ2n) is 7.01. The standard InChI is InChI=1S/C15H24O7/c1-8-6-21-15(5-11(8)17)14(20,7-16)10-3-2-9(13(18)19)4-12(10)22-15/h8-12,16-17,20H,2-7H2,1H3,(H,18,19). The maximum Gasteiger partial charge on any atom is 0.306 e. The van der Waals surface area contributed by atoms with E-state index in [9.17, 15) is 25.2 Å². The molecule has 1 saturated carbocycles. The van der Waals surface area contributed by atoms with Gasteiger partial charge < -0.3 is 29.9 Å². The van der Waals surface area contributed by atoms with Crippen LogP contribution < -0.4 is 0 Å². The van der Waals surface area contributed by atoms with Gasteiger partial charge in [0.05, 0.1) is 31.3 Å². The first-order valence-electron chi connectivity index (χ1n) is 7.89. The first-order valence-corrected chi connectivity index (χ1v) is 7.89. The van der Waals surface area contributed by atoms with Crippen LogP contribution in [0.5, 0.6) is 0 Å². The van der Waals surface area contributed by atoms with Gasteiger partial charge in [-0.1, -0.05) is 6.92 Å². The summed E-state index contributed by atoms with van der Waals surface area (Å²) in [4.78, 5) is 11.2. The smallest absolute Gasteiger partial charge is 0.306 e. The van der Waals surface area contributed by atoms with Crippen molar-refractivity contribution < 1.29 is 34.7 Å². The third kappa shape index (κ3) is 2.18. The highest BCUT2D eigenvalue weighted by Gasteiger charge is 2.68. The number of aliphatic carboxylic acids is 1. The molecule has 2 saturated heterocycles. The summed E-state index contributed by atoms with van der Waals surface area (Å²) in [5, 5.41) is 40.2. The van der Waals surface area contributed by atoms with E-state index in [2.05, 4.69) is 0 Å². The molecule has 1 aliphatic carbocycles. The summed E-state index contributed by atoms with van der Waals surface area (Å²) in [6.45, 7) is 1.54. The Labute approximate surface area is 128 Å². The van der Waals surface area contributed by atoms with Crippen LogP contribution in [0.4, 0.5) is 0 Å². The summed E-state index contributed by atoms with van der Waals surface area (Å²) in [6, 6.07) is 0. The van der Waals surface area contributed by atoms with Gasteiger partial charge in [-0.15, -0.1) is 0 Å². The number of hydrogen-bond donors (Lipinski definition) is 4. The number of aliphatic hydroxyl groups excluding tert-OH is 2. The van der Waals surface area contributed by atoms with E-state index in [1.807, 2.05) is 6.92 Å². The van der Waals surface area contributed by atoms with Crippen LogP contribution in [0.1, 0.15) is 32.6 Å². The van der Waals surface area contributed by atoms with Gasteiger partial charge in [-0.05, 0) is 19.3 Å². The fraction of sp³-hybridized carbons (Fsp3) is 0.933. The number of rotatable bonds is 2.